The molecule has 0 N–H and O–H groups in total. The molecule has 6 rings (SSSR count). The summed E-state index contributed by atoms with van der Waals surface area (Å²) in [6.45, 7) is 2.58. The number of hydrogen-bond donors (Lipinski definition) is 0. The Labute approximate surface area is 222 Å². The molecule has 0 spiro atoms. The third-order valence-corrected chi connectivity index (χ3v) is 9.56. The highest BCUT2D eigenvalue weighted by atomic mass is 32.2. The molecule has 0 bridgehead atoms. The molecule has 5 nitrogen and oxygen atoms in total. The van der Waals surface area contributed by atoms with Gasteiger partial charge in [0, 0.05) is 41.7 Å². The smallest absolute Gasteiger partial charge is 0.416 e. The predicted octanol–water partition coefficient (Wildman–Crippen LogP) is 6.36. The fourth-order valence-electron chi connectivity index (χ4n) is 6.09. The normalized spacial score (nSPS) is 23.6. The van der Waals surface area contributed by atoms with Crippen LogP contribution < -0.4 is 0 Å². The van der Waals surface area contributed by atoms with E-state index in [9.17, 15) is 22.5 Å². The Hall–Kier alpha value is -2.75. The third kappa shape index (κ3) is 4.34. The van der Waals surface area contributed by atoms with Crippen LogP contribution >= 0.6 is 0 Å². The Balaban J connectivity index is 1.39. The fourth-order valence-corrected chi connectivity index (χ4v) is 7.79. The topological polar surface area (TPSA) is 57.5 Å². The second kappa shape index (κ2) is 9.47. The van der Waals surface area contributed by atoms with Crippen molar-refractivity contribution >= 4 is 17.3 Å². The highest BCUT2D eigenvalue weighted by Crippen LogP contribution is 2.47. The van der Waals surface area contributed by atoms with Crippen molar-refractivity contribution < 1.29 is 27.3 Å². The molecule has 2 aromatic carbocycles. The quantitative estimate of drug-likeness (QED) is 0.284. The molecule has 2 heterocycles. The molecule has 2 aliphatic carbocycles. The first-order chi connectivity index (χ1) is 18.2. The Morgan fingerprint density at radius 3 is 2.63 bits per heavy atom. The number of methoxy groups -OCH3 is 1. The number of aromatic nitrogens is 1. The van der Waals surface area contributed by atoms with E-state index in [1.165, 1.54) is 13.2 Å². The lowest BCUT2D eigenvalue weighted by Crippen LogP contribution is -2.36. The van der Waals surface area contributed by atoms with Gasteiger partial charge in [0.25, 0.3) is 0 Å². The first-order valence-electron chi connectivity index (χ1n) is 13.0. The molecule has 3 aromatic rings. The summed E-state index contributed by atoms with van der Waals surface area (Å²) >= 11 is -1.72. The number of halogens is 3. The maximum atomic E-state index is 13.9. The van der Waals surface area contributed by atoms with Crippen LogP contribution in [0.15, 0.2) is 53.6 Å². The summed E-state index contributed by atoms with van der Waals surface area (Å²) in [7, 11) is 1.39. The van der Waals surface area contributed by atoms with Gasteiger partial charge in [0.2, 0.25) is 0 Å². The summed E-state index contributed by atoms with van der Waals surface area (Å²) in [6, 6.07) is 11.3. The molecule has 9 heteroatoms. The second-order valence-corrected chi connectivity index (χ2v) is 12.0. The van der Waals surface area contributed by atoms with Crippen LogP contribution in [-0.2, 0) is 35.1 Å². The average molecular weight is 543 g/mol. The summed E-state index contributed by atoms with van der Waals surface area (Å²) in [6.07, 6.45) is 1.54. The van der Waals surface area contributed by atoms with Gasteiger partial charge in [-0.1, -0.05) is 25.1 Å². The van der Waals surface area contributed by atoms with Crippen molar-refractivity contribution in [1.82, 2.24) is 8.87 Å². The SMILES string of the molecule is COC(=O)c1ccn(-c2cccc3c2CCC3N2C[C@@H](C)Cc3ccc(C(F)(F)F)cc3[S+]2[O-])c1C1CC1. The standard InChI is InChI=1S/C29H29F3N2O3S/c1-17-14-19-8-9-20(29(30,31)32)15-26(19)38(36)34(16-17)25-11-10-22-21(25)4-3-5-24(22)33-13-12-23(28(35)37-2)27(33)18-6-7-18/h3-5,8-9,12-13,15,17-18,25H,6-7,10-11,14,16H2,1-2H3/t17-,25?,38?/m0/s1. The van der Waals surface area contributed by atoms with Crippen molar-refractivity contribution in [3.05, 3.63) is 82.2 Å². The van der Waals surface area contributed by atoms with Crippen LogP contribution in [0, 0.1) is 5.92 Å². The monoisotopic (exact) mass is 542 g/mol. The van der Waals surface area contributed by atoms with Crippen LogP contribution in [0.4, 0.5) is 13.2 Å². The Morgan fingerprint density at radius 2 is 1.92 bits per heavy atom. The molecule has 3 atom stereocenters. The van der Waals surface area contributed by atoms with Gasteiger partial charge in [-0.15, -0.1) is 4.31 Å². The van der Waals surface area contributed by atoms with Crippen LogP contribution in [0.2, 0.25) is 0 Å². The number of rotatable bonds is 4. The largest absolute Gasteiger partial charge is 0.593 e. The van der Waals surface area contributed by atoms with Crippen molar-refractivity contribution in [3.8, 4) is 5.69 Å². The second-order valence-electron chi connectivity index (χ2n) is 10.6. The molecular weight excluding hydrogens is 513 g/mol. The lowest BCUT2D eigenvalue weighted by Gasteiger charge is -2.30. The van der Waals surface area contributed by atoms with Crippen LogP contribution in [-0.4, -0.2) is 33.0 Å². The van der Waals surface area contributed by atoms with Gasteiger partial charge >= 0.3 is 12.1 Å². The molecule has 0 amide bonds. The Bertz CT molecular complexity index is 1400. The average Bonchev–Trinajstić information content (AvgIpc) is 3.51. The van der Waals surface area contributed by atoms with Crippen LogP contribution in [0.1, 0.15) is 76.5 Å². The maximum absolute atomic E-state index is 13.9. The van der Waals surface area contributed by atoms with E-state index in [1.807, 2.05) is 34.8 Å². The van der Waals surface area contributed by atoms with Crippen LogP contribution in [0.5, 0.6) is 0 Å². The van der Waals surface area contributed by atoms with Crippen LogP contribution in [0.3, 0.4) is 0 Å². The number of nitrogens with zero attached hydrogens (tertiary/aromatic N) is 2. The summed E-state index contributed by atoms with van der Waals surface area (Å²) in [4.78, 5) is 12.7. The van der Waals surface area contributed by atoms with Crippen molar-refractivity contribution in [1.29, 1.82) is 0 Å². The zero-order valence-electron chi connectivity index (χ0n) is 21.3. The fraction of sp³-hybridized carbons (Fsp3) is 0.414. The number of carbonyl (C=O) groups excluding carboxylic acids is 1. The van der Waals surface area contributed by atoms with Crippen molar-refractivity contribution in [2.24, 2.45) is 5.92 Å². The van der Waals surface area contributed by atoms with E-state index in [2.05, 4.69) is 11.5 Å². The first-order valence-corrected chi connectivity index (χ1v) is 14.1. The number of benzene rings is 2. The summed E-state index contributed by atoms with van der Waals surface area (Å²) < 4.78 is 63.4. The van der Waals surface area contributed by atoms with Crippen molar-refractivity contribution in [2.75, 3.05) is 13.7 Å². The highest BCUT2D eigenvalue weighted by molar-refractivity contribution is 7.89. The number of hydrogen-bond acceptors (Lipinski definition) is 4. The van der Waals surface area contributed by atoms with Gasteiger partial charge in [-0.05, 0) is 67.3 Å². The molecule has 1 fully saturated rings. The maximum Gasteiger partial charge on any atom is 0.416 e. The molecule has 1 aliphatic heterocycles. The minimum Gasteiger partial charge on any atom is -0.593 e. The molecule has 1 aromatic heterocycles. The van der Waals surface area contributed by atoms with Gasteiger partial charge < -0.3 is 13.9 Å². The van der Waals surface area contributed by atoms with Crippen molar-refractivity contribution in [2.45, 2.75) is 62.1 Å². The molecule has 2 unspecified atom stereocenters. The lowest BCUT2D eigenvalue weighted by atomic mass is 9.99. The van der Waals surface area contributed by atoms with Gasteiger partial charge in [0.1, 0.15) is 0 Å². The minimum atomic E-state index is -4.49. The summed E-state index contributed by atoms with van der Waals surface area (Å²) in [5.41, 5.74) is 4.68. The molecule has 38 heavy (non-hydrogen) atoms. The predicted molar refractivity (Wildman–Crippen MR) is 138 cm³/mol. The number of ether oxygens (including phenoxy) is 1. The third-order valence-electron chi connectivity index (χ3n) is 7.97. The Kier molecular flexibility index (Phi) is 6.36. The molecule has 3 aliphatic rings. The van der Waals surface area contributed by atoms with E-state index in [-0.39, 0.29) is 22.8 Å². The zero-order chi connectivity index (χ0) is 26.8. The van der Waals surface area contributed by atoms with Gasteiger partial charge in [0.15, 0.2) is 4.90 Å². The molecular formula is C29H29F3N2O3S. The molecule has 200 valence electrons. The summed E-state index contributed by atoms with van der Waals surface area (Å²) in [5, 5.41) is 0. The van der Waals surface area contributed by atoms with E-state index in [0.717, 1.165) is 65.9 Å². The number of carbonyl (C=O) groups is 1. The molecule has 0 saturated heterocycles. The van der Waals surface area contributed by atoms with E-state index in [0.29, 0.717) is 24.4 Å². The van der Waals surface area contributed by atoms with E-state index in [1.54, 1.807) is 0 Å². The zero-order valence-corrected chi connectivity index (χ0v) is 22.1. The lowest BCUT2D eigenvalue weighted by molar-refractivity contribution is -0.137. The number of alkyl halides is 3. The van der Waals surface area contributed by atoms with Gasteiger partial charge in [-0.3, -0.25) is 0 Å². The molecule has 0 radical (unpaired) electrons. The highest BCUT2D eigenvalue weighted by Gasteiger charge is 2.42. The first kappa shape index (κ1) is 25.5. The van der Waals surface area contributed by atoms with E-state index >= 15 is 0 Å². The van der Waals surface area contributed by atoms with Crippen molar-refractivity contribution in [3.63, 3.8) is 0 Å². The van der Waals surface area contributed by atoms with Gasteiger partial charge in [0.05, 0.1) is 35.6 Å². The number of esters is 1. The Morgan fingerprint density at radius 1 is 1.13 bits per heavy atom. The van der Waals surface area contributed by atoms with E-state index < -0.39 is 23.1 Å². The summed E-state index contributed by atoms with van der Waals surface area (Å²) in [5.74, 6) is 0.102. The van der Waals surface area contributed by atoms with Crippen LogP contribution in [0.25, 0.3) is 5.69 Å². The van der Waals surface area contributed by atoms with Gasteiger partial charge in [-0.25, -0.2) is 4.79 Å². The van der Waals surface area contributed by atoms with Gasteiger partial charge in [-0.2, -0.15) is 13.2 Å². The minimum absolute atomic E-state index is 0.137. The number of fused-ring (bicyclic) bond motifs is 2. The molecule has 1 saturated carbocycles. The van der Waals surface area contributed by atoms with E-state index in [4.69, 9.17) is 4.74 Å².